The van der Waals surface area contributed by atoms with Crippen LogP contribution in [0.5, 0.6) is 0 Å². The second kappa shape index (κ2) is 7.73. The van der Waals surface area contributed by atoms with Crippen molar-refractivity contribution in [2.75, 3.05) is 13.1 Å². The predicted octanol–water partition coefficient (Wildman–Crippen LogP) is 2.26. The van der Waals surface area contributed by atoms with Crippen LogP contribution < -0.4 is 5.32 Å². The Morgan fingerprint density at radius 1 is 1.32 bits per heavy atom. The normalized spacial score (nSPS) is 17.8. The minimum absolute atomic E-state index is 0.0723. The first-order valence-corrected chi connectivity index (χ1v) is 10.1. The third-order valence-corrected chi connectivity index (χ3v) is 5.73. The van der Waals surface area contributed by atoms with Crippen LogP contribution in [-0.4, -0.2) is 50.6 Å². The number of rotatable bonds is 7. The fraction of sp³-hybridized carbons (Fsp3) is 0.524. The number of carbonyl (C=O) groups excluding carboxylic acids is 2. The first-order chi connectivity index (χ1) is 13.6. The Balaban J connectivity index is 1.42. The molecule has 7 heteroatoms. The molecule has 0 aromatic carbocycles. The molecule has 1 aliphatic heterocycles. The zero-order valence-corrected chi connectivity index (χ0v) is 16.5. The first-order valence-electron chi connectivity index (χ1n) is 10.1. The van der Waals surface area contributed by atoms with E-state index in [-0.39, 0.29) is 11.8 Å². The summed E-state index contributed by atoms with van der Waals surface area (Å²) in [6.07, 6.45) is 9.39. The fourth-order valence-corrected chi connectivity index (χ4v) is 4.00. The summed E-state index contributed by atoms with van der Waals surface area (Å²) in [5.74, 6) is 0.519. The van der Waals surface area contributed by atoms with E-state index in [4.69, 9.17) is 0 Å². The Kier molecular flexibility index (Phi) is 5.15. The monoisotopic (exact) mass is 381 g/mol. The van der Waals surface area contributed by atoms with Crippen LogP contribution in [0, 0.1) is 6.92 Å². The lowest BCUT2D eigenvalue weighted by Gasteiger charge is -2.23. The van der Waals surface area contributed by atoms with Crippen molar-refractivity contribution in [1.29, 1.82) is 0 Å². The molecule has 2 aliphatic rings. The van der Waals surface area contributed by atoms with E-state index < -0.39 is 6.04 Å². The zero-order chi connectivity index (χ0) is 19.7. The molecular weight excluding hydrogens is 354 g/mol. The molecule has 1 N–H and O–H groups in total. The molecule has 2 aromatic heterocycles. The van der Waals surface area contributed by atoms with E-state index in [0.717, 1.165) is 12.0 Å². The maximum absolute atomic E-state index is 12.4. The lowest BCUT2D eigenvalue weighted by molar-refractivity contribution is -0.136. The van der Waals surface area contributed by atoms with Gasteiger partial charge in [0.25, 0.3) is 0 Å². The highest BCUT2D eigenvalue weighted by atomic mass is 16.2. The van der Waals surface area contributed by atoms with Gasteiger partial charge in [-0.1, -0.05) is 0 Å². The second-order valence-corrected chi connectivity index (χ2v) is 7.79. The van der Waals surface area contributed by atoms with Gasteiger partial charge >= 0.3 is 0 Å². The summed E-state index contributed by atoms with van der Waals surface area (Å²) in [6.45, 7) is 5.67. The summed E-state index contributed by atoms with van der Waals surface area (Å²) in [5.41, 5.74) is 4.74. The molecule has 3 heterocycles. The smallest absolute Gasteiger partial charge is 0.242 e. The summed E-state index contributed by atoms with van der Waals surface area (Å²) in [4.78, 5) is 30.1. The number of pyridine rings is 1. The van der Waals surface area contributed by atoms with Crippen molar-refractivity contribution in [2.45, 2.75) is 58.0 Å². The molecule has 4 rings (SSSR count). The lowest BCUT2D eigenvalue weighted by atomic mass is 10.0. The second-order valence-electron chi connectivity index (χ2n) is 7.79. The number of nitrogens with one attached hydrogen (secondary N) is 1. The number of nitrogens with zero attached hydrogens (tertiary/aromatic N) is 4. The van der Waals surface area contributed by atoms with Crippen molar-refractivity contribution in [3.05, 3.63) is 35.9 Å². The van der Waals surface area contributed by atoms with Crippen LogP contribution in [0.1, 0.15) is 49.8 Å². The molecule has 2 aromatic rings. The van der Waals surface area contributed by atoms with E-state index in [1.165, 1.54) is 29.7 Å². The minimum Gasteiger partial charge on any atom is -0.352 e. The van der Waals surface area contributed by atoms with Gasteiger partial charge in [0.2, 0.25) is 11.8 Å². The van der Waals surface area contributed by atoms with E-state index in [2.05, 4.69) is 22.3 Å². The topological polar surface area (TPSA) is 80.1 Å². The summed E-state index contributed by atoms with van der Waals surface area (Å²) >= 11 is 0. The Morgan fingerprint density at radius 2 is 2.14 bits per heavy atom. The van der Waals surface area contributed by atoms with E-state index >= 15 is 0 Å². The lowest BCUT2D eigenvalue weighted by Crippen LogP contribution is -2.46. The third-order valence-electron chi connectivity index (χ3n) is 5.73. The fourth-order valence-electron chi connectivity index (χ4n) is 4.00. The molecule has 1 unspecified atom stereocenters. The number of carbonyl (C=O) groups is 2. The van der Waals surface area contributed by atoms with Gasteiger partial charge in [-0.15, -0.1) is 0 Å². The zero-order valence-electron chi connectivity index (χ0n) is 16.5. The van der Waals surface area contributed by atoms with Crippen molar-refractivity contribution in [1.82, 2.24) is 25.0 Å². The molecule has 2 fully saturated rings. The number of aryl methyl sites for hydroxylation is 1. The average molecular weight is 381 g/mol. The number of hydrogen-bond donors (Lipinski definition) is 1. The van der Waals surface area contributed by atoms with Gasteiger partial charge in [0.15, 0.2) is 0 Å². The van der Waals surface area contributed by atoms with Gasteiger partial charge in [0.1, 0.15) is 6.04 Å². The van der Waals surface area contributed by atoms with E-state index in [1.54, 1.807) is 11.8 Å². The Hall–Kier alpha value is -2.70. The van der Waals surface area contributed by atoms with Gasteiger partial charge in [-0.25, -0.2) is 0 Å². The molecule has 0 bridgehead atoms. The van der Waals surface area contributed by atoms with Crippen LogP contribution in [-0.2, 0) is 16.1 Å². The molecule has 2 amide bonds. The predicted molar refractivity (Wildman–Crippen MR) is 106 cm³/mol. The van der Waals surface area contributed by atoms with Crippen molar-refractivity contribution < 1.29 is 9.59 Å². The Morgan fingerprint density at radius 3 is 2.82 bits per heavy atom. The van der Waals surface area contributed by atoms with Crippen molar-refractivity contribution in [3.8, 4) is 11.1 Å². The molecular formula is C21H27N5O2. The van der Waals surface area contributed by atoms with Crippen molar-refractivity contribution in [2.24, 2.45) is 0 Å². The number of aromatic nitrogens is 3. The molecule has 28 heavy (non-hydrogen) atoms. The van der Waals surface area contributed by atoms with Gasteiger partial charge < -0.3 is 10.2 Å². The van der Waals surface area contributed by atoms with Gasteiger partial charge in [-0.3, -0.25) is 19.3 Å². The average Bonchev–Trinajstić information content (AvgIpc) is 3.30. The Labute approximate surface area is 165 Å². The van der Waals surface area contributed by atoms with E-state index in [1.807, 2.05) is 29.3 Å². The SMILES string of the molecule is Cc1cnccc1-c1cnn(CCNC(=O)C(C)N2CCCC2=O)c1C1CC1. The molecule has 1 aliphatic carbocycles. The largest absolute Gasteiger partial charge is 0.352 e. The maximum Gasteiger partial charge on any atom is 0.242 e. The van der Waals surface area contributed by atoms with Crippen LogP contribution >= 0.6 is 0 Å². The van der Waals surface area contributed by atoms with Crippen molar-refractivity contribution >= 4 is 11.8 Å². The summed E-state index contributed by atoms with van der Waals surface area (Å²) in [6, 6.07) is 1.63. The van der Waals surface area contributed by atoms with Crippen LogP contribution in [0.25, 0.3) is 11.1 Å². The molecule has 0 spiro atoms. The molecule has 7 nitrogen and oxygen atoms in total. The maximum atomic E-state index is 12.4. The van der Waals surface area contributed by atoms with E-state index in [9.17, 15) is 9.59 Å². The van der Waals surface area contributed by atoms with Crippen LogP contribution in [0.15, 0.2) is 24.7 Å². The molecule has 1 saturated carbocycles. The molecule has 148 valence electrons. The standard InChI is InChI=1S/C21H27N5O2/c1-14-12-22-8-7-17(14)18-13-24-26(20(18)16-5-6-16)11-9-23-21(28)15(2)25-10-3-4-19(25)27/h7-8,12-13,15-16H,3-6,9-11H2,1-2H3,(H,23,28). The number of hydrogen-bond acceptors (Lipinski definition) is 4. The summed E-state index contributed by atoms with van der Waals surface area (Å²) in [5, 5.41) is 7.58. The number of amides is 2. The first kappa shape index (κ1) is 18.7. The van der Waals surface area contributed by atoms with Crippen LogP contribution in [0.4, 0.5) is 0 Å². The van der Waals surface area contributed by atoms with Gasteiger partial charge in [0, 0.05) is 49.1 Å². The van der Waals surface area contributed by atoms with Gasteiger partial charge in [0.05, 0.1) is 12.7 Å². The van der Waals surface area contributed by atoms with Gasteiger partial charge in [-0.05, 0) is 50.3 Å². The highest BCUT2D eigenvalue weighted by Gasteiger charge is 2.31. The highest BCUT2D eigenvalue weighted by molar-refractivity contribution is 5.88. The van der Waals surface area contributed by atoms with Crippen LogP contribution in [0.2, 0.25) is 0 Å². The minimum atomic E-state index is -0.412. The van der Waals surface area contributed by atoms with E-state index in [0.29, 0.717) is 32.0 Å². The molecule has 1 saturated heterocycles. The third kappa shape index (κ3) is 3.66. The van der Waals surface area contributed by atoms with Gasteiger partial charge in [-0.2, -0.15) is 5.10 Å². The summed E-state index contributed by atoms with van der Waals surface area (Å²) in [7, 11) is 0. The van der Waals surface area contributed by atoms with Crippen molar-refractivity contribution in [3.63, 3.8) is 0 Å². The Bertz CT molecular complexity index is 887. The quantitative estimate of drug-likeness (QED) is 0.798. The summed E-state index contributed by atoms with van der Waals surface area (Å²) < 4.78 is 2.03. The molecule has 0 radical (unpaired) electrons. The number of likely N-dealkylation sites (tertiary alicyclic amines) is 1. The van der Waals surface area contributed by atoms with Crippen LogP contribution in [0.3, 0.4) is 0 Å². The highest BCUT2D eigenvalue weighted by Crippen LogP contribution is 2.44. The molecule has 1 atom stereocenters.